The van der Waals surface area contributed by atoms with E-state index >= 15 is 0 Å². The number of halogens is 17. The number of hydrogen-bond acceptors (Lipinski definition) is 2. The van der Waals surface area contributed by atoms with Crippen LogP contribution in [-0.2, 0) is 30.2 Å². The maximum absolute atomic E-state index is 14.7. The standard InChI is InChI=1S/C26H17F7O.C16H13BrF4.C15H14F2.C10H5F3O/c1-2-3-14-4-6-15(7-5-14)16-11-20(27)23(21(28)12-16)26(32,33)34-18-8-9-19-17(10-18)13-22(29)25(31)24(19)30;1-2-3-10-4-6-11(7-5-10)12-8-13(18)15(14(19)9-12)16(17,20)21;1-2-3-11-4-6-12(7-5-11)13-8-14(16)10-15(17)9-13;11-8-4-5-3-6(14)1-2-7(5)9(12)10(8)13/h4-13H,2-3H2,1H3;4-9H,2-3H2,1H3;4-10H,2-3H2,1H3;1-4,14H. The van der Waals surface area contributed by atoms with Crippen LogP contribution in [0.3, 0.4) is 0 Å². The predicted octanol–water partition coefficient (Wildman–Crippen LogP) is 21.9. The molecule has 0 radical (unpaired) electrons. The van der Waals surface area contributed by atoms with E-state index in [1.807, 2.05) is 59.3 Å². The van der Waals surface area contributed by atoms with E-state index in [9.17, 15) is 70.2 Å². The molecule has 2 nitrogen and oxygen atoms in total. The van der Waals surface area contributed by atoms with E-state index in [0.29, 0.717) is 22.8 Å². The molecule has 1 N–H and O–H groups in total. The largest absolute Gasteiger partial charge is 0.508 e. The summed E-state index contributed by atoms with van der Waals surface area (Å²) in [5, 5.41) is 8.47. The third-order valence-electron chi connectivity index (χ3n) is 13.1. The van der Waals surface area contributed by atoms with Crippen molar-refractivity contribution in [2.45, 2.75) is 70.2 Å². The number of phenolic OH excluding ortho intramolecular Hbond substituents is 1. The van der Waals surface area contributed by atoms with E-state index in [-0.39, 0.29) is 38.4 Å². The number of hydrogen-bond donors (Lipinski definition) is 1. The van der Waals surface area contributed by atoms with E-state index in [2.05, 4.69) is 18.6 Å². The zero-order chi connectivity index (χ0) is 62.8. The van der Waals surface area contributed by atoms with Crippen LogP contribution in [0.25, 0.3) is 54.9 Å². The Morgan fingerprint density at radius 3 is 1.08 bits per heavy atom. The maximum Gasteiger partial charge on any atom is 0.432 e. The molecular weight excluding hydrogens is 1220 g/mol. The average Bonchev–Trinajstić information content (AvgIpc) is 1.38. The summed E-state index contributed by atoms with van der Waals surface area (Å²) >= 11 is 1.98. The number of fused-ring (bicyclic) bond motifs is 2. The van der Waals surface area contributed by atoms with Crippen molar-refractivity contribution < 1.29 is 80.1 Å². The lowest BCUT2D eigenvalue weighted by atomic mass is 10.00. The number of ether oxygens (including phenoxy) is 1. The Balaban J connectivity index is 0.000000175. The molecule has 86 heavy (non-hydrogen) atoms. The second-order valence-electron chi connectivity index (χ2n) is 19.5. The van der Waals surface area contributed by atoms with Crippen LogP contribution in [0, 0.1) is 69.8 Å². The molecule has 10 rings (SSSR count). The quantitative estimate of drug-likeness (QED) is 0.0708. The summed E-state index contributed by atoms with van der Waals surface area (Å²) in [6, 6.07) is 36.4. The van der Waals surface area contributed by atoms with E-state index in [1.165, 1.54) is 35.9 Å². The molecule has 0 aliphatic heterocycles. The first kappa shape index (κ1) is 65.2. The SMILES string of the molecule is CCCc1ccc(-c2cc(F)c(C(F)(F)Br)c(F)c2)cc1.CCCc1ccc(-c2cc(F)c(C(F)(F)Oc3ccc4c(F)c(F)c(F)cc4c3)c(F)c2)cc1.CCCc1ccc(-c2cc(F)cc(F)c2)cc1.Oc1ccc2c(F)c(F)c(F)cc2c1. The van der Waals surface area contributed by atoms with E-state index < -0.39 is 97.6 Å². The molecule has 0 fully saturated rings. The van der Waals surface area contributed by atoms with Crippen LogP contribution in [0.4, 0.5) is 70.2 Å². The highest BCUT2D eigenvalue weighted by Crippen LogP contribution is 2.41. The Hall–Kier alpha value is -8.32. The fourth-order valence-corrected chi connectivity index (χ4v) is 9.42. The van der Waals surface area contributed by atoms with Gasteiger partial charge in [-0.05, 0) is 181 Å². The number of rotatable bonds is 13. The van der Waals surface area contributed by atoms with Gasteiger partial charge in [-0.15, -0.1) is 0 Å². The summed E-state index contributed by atoms with van der Waals surface area (Å²) in [5.41, 5.74) is 3.24. The first-order chi connectivity index (χ1) is 40.7. The number of alkyl halides is 5. The van der Waals surface area contributed by atoms with Crippen LogP contribution in [-0.4, -0.2) is 5.11 Å². The number of aryl methyl sites for hydroxylation is 3. The zero-order valence-electron chi connectivity index (χ0n) is 45.6. The number of benzene rings is 10. The highest BCUT2D eigenvalue weighted by Gasteiger charge is 2.41. The third kappa shape index (κ3) is 16.1. The van der Waals surface area contributed by atoms with Gasteiger partial charge in [-0.2, -0.15) is 17.6 Å². The van der Waals surface area contributed by atoms with Crippen molar-refractivity contribution in [3.63, 3.8) is 0 Å². The van der Waals surface area contributed by atoms with Crippen LogP contribution in [0.1, 0.15) is 67.9 Å². The Bertz CT molecular complexity index is 3930. The van der Waals surface area contributed by atoms with Gasteiger partial charge in [-0.3, -0.25) is 0 Å². The van der Waals surface area contributed by atoms with Crippen LogP contribution < -0.4 is 4.74 Å². The smallest absolute Gasteiger partial charge is 0.432 e. The molecule has 10 aromatic rings. The van der Waals surface area contributed by atoms with Gasteiger partial charge in [0.2, 0.25) is 0 Å². The summed E-state index contributed by atoms with van der Waals surface area (Å²) in [6.45, 7) is 6.18. The second kappa shape index (κ2) is 28.3. The van der Waals surface area contributed by atoms with Gasteiger partial charge in [0.05, 0.1) is 0 Å². The zero-order valence-corrected chi connectivity index (χ0v) is 47.2. The molecule has 0 aliphatic rings. The van der Waals surface area contributed by atoms with Crippen molar-refractivity contribution in [2.75, 3.05) is 0 Å². The molecule has 0 heterocycles. The van der Waals surface area contributed by atoms with Crippen molar-refractivity contribution in [1.82, 2.24) is 0 Å². The van der Waals surface area contributed by atoms with Crippen LogP contribution in [0.5, 0.6) is 11.5 Å². The minimum absolute atomic E-state index is 0.0540. The maximum atomic E-state index is 14.7. The Morgan fingerprint density at radius 1 is 0.360 bits per heavy atom. The first-order valence-corrected chi connectivity index (χ1v) is 27.2. The van der Waals surface area contributed by atoms with Gasteiger partial charge in [-0.25, -0.2) is 52.7 Å². The van der Waals surface area contributed by atoms with Crippen molar-refractivity contribution in [3.05, 3.63) is 261 Å². The molecule has 0 spiro atoms. The second-order valence-corrected chi connectivity index (χ2v) is 20.5. The lowest BCUT2D eigenvalue weighted by molar-refractivity contribution is -0.189. The predicted molar refractivity (Wildman–Crippen MR) is 304 cm³/mol. The lowest BCUT2D eigenvalue weighted by Crippen LogP contribution is -2.25. The van der Waals surface area contributed by atoms with Gasteiger partial charge in [0, 0.05) is 16.8 Å². The highest BCUT2D eigenvalue weighted by atomic mass is 79.9. The van der Waals surface area contributed by atoms with Crippen molar-refractivity contribution in [2.24, 2.45) is 0 Å². The molecule has 0 atom stereocenters. The topological polar surface area (TPSA) is 29.5 Å². The minimum Gasteiger partial charge on any atom is -0.508 e. The minimum atomic E-state index is -4.46. The molecular formula is C67H49BrF16O2. The first-order valence-electron chi connectivity index (χ1n) is 26.4. The van der Waals surface area contributed by atoms with Crippen molar-refractivity contribution in [1.29, 1.82) is 0 Å². The molecule has 10 aromatic carbocycles. The summed E-state index contributed by atoms with van der Waals surface area (Å²) in [5.74, 6) is -16.2. The van der Waals surface area contributed by atoms with Crippen molar-refractivity contribution in [3.8, 4) is 44.9 Å². The normalized spacial score (nSPS) is 11.3. The van der Waals surface area contributed by atoms with Gasteiger partial charge in [0.25, 0.3) is 0 Å². The van der Waals surface area contributed by atoms with Gasteiger partial charge in [0.1, 0.15) is 57.5 Å². The molecule has 0 saturated heterocycles. The summed E-state index contributed by atoms with van der Waals surface area (Å²) in [6.07, 6.45) is 1.32. The average molecular weight is 1270 g/mol. The van der Waals surface area contributed by atoms with Gasteiger partial charge in [0.15, 0.2) is 34.9 Å². The monoisotopic (exact) mass is 1270 g/mol. The van der Waals surface area contributed by atoms with E-state index in [0.717, 1.165) is 110 Å². The molecule has 0 amide bonds. The fourth-order valence-electron chi connectivity index (χ4n) is 9.04. The molecule has 0 aromatic heterocycles. The number of aromatic hydroxyl groups is 1. The van der Waals surface area contributed by atoms with Gasteiger partial charge < -0.3 is 9.84 Å². The molecule has 19 heteroatoms. The van der Waals surface area contributed by atoms with Crippen LogP contribution in [0.2, 0.25) is 0 Å². The Morgan fingerprint density at radius 2 is 0.709 bits per heavy atom. The lowest BCUT2D eigenvalue weighted by Gasteiger charge is -2.20. The third-order valence-corrected chi connectivity index (χ3v) is 13.5. The molecule has 0 unspecified atom stereocenters. The van der Waals surface area contributed by atoms with Gasteiger partial charge >= 0.3 is 10.9 Å². The molecule has 0 aliphatic carbocycles. The van der Waals surface area contributed by atoms with Crippen molar-refractivity contribution >= 4 is 37.5 Å². The van der Waals surface area contributed by atoms with Crippen LogP contribution >= 0.6 is 15.9 Å². The Kier molecular flexibility index (Phi) is 21.4. The summed E-state index contributed by atoms with van der Waals surface area (Å²) in [4.78, 5) is -3.73. The van der Waals surface area contributed by atoms with Crippen LogP contribution in [0.15, 0.2) is 164 Å². The van der Waals surface area contributed by atoms with E-state index in [4.69, 9.17) is 5.11 Å². The molecule has 0 saturated carbocycles. The van der Waals surface area contributed by atoms with Gasteiger partial charge in [-0.1, -0.05) is 113 Å². The highest BCUT2D eigenvalue weighted by molar-refractivity contribution is 9.09. The summed E-state index contributed by atoms with van der Waals surface area (Å²) < 4.78 is 222. The van der Waals surface area contributed by atoms with E-state index in [1.54, 1.807) is 36.4 Å². The number of phenols is 1. The fraction of sp³-hybridized carbons (Fsp3) is 0.164. The Labute approximate surface area is 492 Å². The molecule has 0 bridgehead atoms. The summed E-state index contributed by atoms with van der Waals surface area (Å²) in [7, 11) is 0. The molecule has 448 valence electrons.